The number of halogens is 3. The number of anilines is 1. The molecule has 2 N–H and O–H groups in total. The van der Waals surface area contributed by atoms with Gasteiger partial charge in [-0.05, 0) is 52.3 Å². The SMILES string of the molecule is Nc1ccc(C(=O)c2ccc(Br)c(F)c2)cc1F. The van der Waals surface area contributed by atoms with Crippen LogP contribution in [0.4, 0.5) is 14.5 Å². The Morgan fingerprint density at radius 3 is 2.11 bits per heavy atom. The van der Waals surface area contributed by atoms with Crippen LogP contribution < -0.4 is 5.73 Å². The lowest BCUT2D eigenvalue weighted by Crippen LogP contribution is -2.03. The summed E-state index contributed by atoms with van der Waals surface area (Å²) in [6.07, 6.45) is 0. The molecular formula is C13H8BrF2NO. The third kappa shape index (κ3) is 2.41. The maximum Gasteiger partial charge on any atom is 0.193 e. The average Bonchev–Trinajstić information content (AvgIpc) is 2.35. The number of benzene rings is 2. The van der Waals surface area contributed by atoms with Crippen LogP contribution in [-0.4, -0.2) is 5.78 Å². The van der Waals surface area contributed by atoms with E-state index in [4.69, 9.17) is 5.73 Å². The number of ketones is 1. The summed E-state index contributed by atoms with van der Waals surface area (Å²) in [7, 11) is 0. The standard InChI is InChI=1S/C13H8BrF2NO/c14-9-3-1-7(5-10(9)15)13(18)8-2-4-12(17)11(16)6-8/h1-6H,17H2. The van der Waals surface area contributed by atoms with Crippen molar-refractivity contribution in [3.05, 3.63) is 63.6 Å². The minimum atomic E-state index is -0.668. The van der Waals surface area contributed by atoms with Gasteiger partial charge in [0.25, 0.3) is 0 Å². The highest BCUT2D eigenvalue weighted by Crippen LogP contribution is 2.20. The topological polar surface area (TPSA) is 43.1 Å². The van der Waals surface area contributed by atoms with Crippen LogP contribution in [0.25, 0.3) is 0 Å². The molecule has 0 aliphatic carbocycles. The van der Waals surface area contributed by atoms with Gasteiger partial charge in [-0.2, -0.15) is 0 Å². The number of hydrogen-bond acceptors (Lipinski definition) is 2. The monoisotopic (exact) mass is 311 g/mol. The maximum absolute atomic E-state index is 13.3. The Bertz CT molecular complexity index is 575. The van der Waals surface area contributed by atoms with E-state index in [1.54, 1.807) is 0 Å². The Morgan fingerprint density at radius 2 is 1.56 bits per heavy atom. The zero-order valence-electron chi connectivity index (χ0n) is 9.08. The fraction of sp³-hybridized carbons (Fsp3) is 0. The summed E-state index contributed by atoms with van der Waals surface area (Å²) in [4.78, 5) is 12.0. The van der Waals surface area contributed by atoms with Crippen LogP contribution in [0.15, 0.2) is 40.9 Å². The van der Waals surface area contributed by atoms with Gasteiger partial charge in [-0.25, -0.2) is 8.78 Å². The van der Waals surface area contributed by atoms with Crippen LogP contribution in [0, 0.1) is 11.6 Å². The fourth-order valence-corrected chi connectivity index (χ4v) is 1.72. The van der Waals surface area contributed by atoms with Gasteiger partial charge >= 0.3 is 0 Å². The van der Waals surface area contributed by atoms with Crippen molar-refractivity contribution in [2.75, 3.05) is 5.73 Å². The lowest BCUT2D eigenvalue weighted by atomic mass is 10.0. The van der Waals surface area contributed by atoms with E-state index in [0.29, 0.717) is 0 Å². The molecule has 2 aromatic carbocycles. The number of rotatable bonds is 2. The van der Waals surface area contributed by atoms with Crippen LogP contribution in [0.3, 0.4) is 0 Å². The highest BCUT2D eigenvalue weighted by atomic mass is 79.9. The van der Waals surface area contributed by atoms with E-state index >= 15 is 0 Å². The number of carbonyl (C=O) groups excluding carboxylic acids is 1. The number of nitrogen functional groups attached to an aromatic ring is 1. The molecule has 0 unspecified atom stereocenters. The van der Waals surface area contributed by atoms with Gasteiger partial charge in [0.15, 0.2) is 5.78 Å². The van der Waals surface area contributed by atoms with Crippen molar-refractivity contribution < 1.29 is 13.6 Å². The quantitative estimate of drug-likeness (QED) is 0.681. The van der Waals surface area contributed by atoms with Gasteiger partial charge < -0.3 is 5.73 Å². The van der Waals surface area contributed by atoms with Gasteiger partial charge in [0, 0.05) is 11.1 Å². The maximum atomic E-state index is 13.3. The Hall–Kier alpha value is -1.75. The summed E-state index contributed by atoms with van der Waals surface area (Å²) < 4.78 is 26.8. The van der Waals surface area contributed by atoms with Gasteiger partial charge in [-0.1, -0.05) is 0 Å². The summed E-state index contributed by atoms with van der Waals surface area (Å²) in [6, 6.07) is 7.73. The van der Waals surface area contributed by atoms with Crippen LogP contribution in [0.1, 0.15) is 15.9 Å². The summed E-state index contributed by atoms with van der Waals surface area (Å²) in [5.74, 6) is -1.67. The summed E-state index contributed by atoms with van der Waals surface area (Å²) in [6.45, 7) is 0. The van der Waals surface area contributed by atoms with Gasteiger partial charge in [-0.15, -0.1) is 0 Å². The smallest absolute Gasteiger partial charge is 0.193 e. The van der Waals surface area contributed by atoms with Gasteiger partial charge in [0.2, 0.25) is 0 Å². The van der Waals surface area contributed by atoms with Gasteiger partial charge in [0.05, 0.1) is 10.2 Å². The van der Waals surface area contributed by atoms with E-state index in [1.165, 1.54) is 24.3 Å². The molecule has 0 atom stereocenters. The third-order valence-corrected chi connectivity index (χ3v) is 3.09. The van der Waals surface area contributed by atoms with E-state index in [9.17, 15) is 13.6 Å². The van der Waals surface area contributed by atoms with Crippen LogP contribution >= 0.6 is 15.9 Å². The Morgan fingerprint density at radius 1 is 1.00 bits per heavy atom. The van der Waals surface area contributed by atoms with E-state index < -0.39 is 17.4 Å². The lowest BCUT2D eigenvalue weighted by molar-refractivity contribution is 0.103. The van der Waals surface area contributed by atoms with Gasteiger partial charge in [-0.3, -0.25) is 4.79 Å². The van der Waals surface area contributed by atoms with E-state index in [2.05, 4.69) is 15.9 Å². The first-order chi connectivity index (χ1) is 8.49. The molecule has 2 aromatic rings. The van der Waals surface area contributed by atoms with Crippen molar-refractivity contribution in [2.45, 2.75) is 0 Å². The van der Waals surface area contributed by atoms with Crippen molar-refractivity contribution in [1.82, 2.24) is 0 Å². The molecule has 0 amide bonds. The second kappa shape index (κ2) is 4.86. The molecule has 2 rings (SSSR count). The van der Waals surface area contributed by atoms with E-state index in [1.807, 2.05) is 0 Å². The van der Waals surface area contributed by atoms with Crippen LogP contribution in [0.2, 0.25) is 0 Å². The molecule has 0 heterocycles. The molecule has 92 valence electrons. The molecule has 0 bridgehead atoms. The van der Waals surface area contributed by atoms with Crippen LogP contribution in [0.5, 0.6) is 0 Å². The molecule has 0 aliphatic heterocycles. The van der Waals surface area contributed by atoms with E-state index in [0.717, 1.165) is 12.1 Å². The molecule has 0 saturated carbocycles. The molecule has 0 saturated heterocycles. The fourth-order valence-electron chi connectivity index (χ4n) is 1.47. The van der Waals surface area contributed by atoms with Crippen molar-refractivity contribution in [1.29, 1.82) is 0 Å². The number of carbonyl (C=O) groups is 1. The zero-order chi connectivity index (χ0) is 13.3. The van der Waals surface area contributed by atoms with Crippen molar-refractivity contribution in [3.8, 4) is 0 Å². The third-order valence-electron chi connectivity index (χ3n) is 2.44. The first-order valence-corrected chi connectivity index (χ1v) is 5.83. The highest BCUT2D eigenvalue weighted by Gasteiger charge is 2.12. The lowest BCUT2D eigenvalue weighted by Gasteiger charge is -2.04. The predicted molar refractivity (Wildman–Crippen MR) is 68.3 cm³/mol. The molecule has 0 spiro atoms. The zero-order valence-corrected chi connectivity index (χ0v) is 10.7. The normalized spacial score (nSPS) is 10.4. The van der Waals surface area contributed by atoms with Gasteiger partial charge in [0.1, 0.15) is 11.6 Å². The minimum absolute atomic E-state index is 0.0338. The molecule has 0 aliphatic rings. The average molecular weight is 312 g/mol. The molecule has 18 heavy (non-hydrogen) atoms. The largest absolute Gasteiger partial charge is 0.396 e. The molecule has 0 aromatic heterocycles. The van der Waals surface area contributed by atoms with E-state index in [-0.39, 0.29) is 21.3 Å². The van der Waals surface area contributed by atoms with Crippen molar-refractivity contribution >= 4 is 27.4 Å². The highest BCUT2D eigenvalue weighted by molar-refractivity contribution is 9.10. The first-order valence-electron chi connectivity index (χ1n) is 5.04. The summed E-state index contributed by atoms with van der Waals surface area (Å²) in [5.41, 5.74) is 5.57. The molecule has 0 radical (unpaired) electrons. The van der Waals surface area contributed by atoms with Crippen molar-refractivity contribution in [3.63, 3.8) is 0 Å². The first kappa shape index (κ1) is 12.7. The van der Waals surface area contributed by atoms with Crippen molar-refractivity contribution in [2.24, 2.45) is 0 Å². The van der Waals surface area contributed by atoms with Crippen LogP contribution in [-0.2, 0) is 0 Å². The second-order valence-electron chi connectivity index (χ2n) is 3.69. The number of hydrogen-bond donors (Lipinski definition) is 1. The molecule has 5 heteroatoms. The molecule has 2 nitrogen and oxygen atoms in total. The Labute approximate surface area is 111 Å². The predicted octanol–water partition coefficient (Wildman–Crippen LogP) is 3.54. The Kier molecular flexibility index (Phi) is 3.43. The summed E-state index contributed by atoms with van der Waals surface area (Å²) >= 11 is 2.99. The minimum Gasteiger partial charge on any atom is -0.396 e. The molecule has 0 fully saturated rings. The number of nitrogens with two attached hydrogens (primary N) is 1. The Balaban J connectivity index is 2.41. The summed E-state index contributed by atoms with van der Waals surface area (Å²) in [5, 5.41) is 0. The second-order valence-corrected chi connectivity index (χ2v) is 4.55. The molecular weight excluding hydrogens is 304 g/mol.